The van der Waals surface area contributed by atoms with Crippen molar-refractivity contribution in [3.8, 4) is 11.3 Å². The standard InChI is InChI=1S/C19H18F2N6.C7H12.H2/c1-4-11-7-13(16-9-23-19(22-3)26-27(11)16)14-5-6-15-18(25-14)12(8-17(20)21)10(2)24-15;1-7-5-3-2-4-6-7;/h4-7,9,12,17H,1,8H2,2-3H3,(H,22,26);1-6H2;1H. The Labute approximate surface area is 200 Å². The van der Waals surface area contributed by atoms with Gasteiger partial charge in [-0.25, -0.2) is 23.3 Å². The van der Waals surface area contributed by atoms with Crippen LogP contribution in [-0.2, 0) is 0 Å². The average molecular weight is 467 g/mol. The highest BCUT2D eigenvalue weighted by Crippen LogP contribution is 2.39. The predicted molar refractivity (Wildman–Crippen MR) is 136 cm³/mol. The van der Waals surface area contributed by atoms with Crippen LogP contribution >= 0.6 is 0 Å². The number of aliphatic imine (C=N–C) groups is 1. The molecule has 0 saturated heterocycles. The Hall–Kier alpha value is -3.42. The molecule has 8 heteroatoms. The molecule has 0 radical (unpaired) electrons. The molecule has 1 atom stereocenters. The fourth-order valence-corrected chi connectivity index (χ4v) is 4.43. The zero-order valence-electron chi connectivity index (χ0n) is 19.7. The summed E-state index contributed by atoms with van der Waals surface area (Å²) in [4.78, 5) is 13.3. The molecule has 180 valence electrons. The molecule has 3 aromatic heterocycles. The number of alkyl halides is 2. The fraction of sp³-hybridized carbons (Fsp3) is 0.385. The monoisotopic (exact) mass is 466 g/mol. The minimum absolute atomic E-state index is 0. The van der Waals surface area contributed by atoms with Crippen molar-refractivity contribution in [3.05, 3.63) is 54.5 Å². The summed E-state index contributed by atoms with van der Waals surface area (Å²) in [5, 5.41) is 7.33. The van der Waals surface area contributed by atoms with Crippen molar-refractivity contribution < 1.29 is 10.2 Å². The second-order valence-corrected chi connectivity index (χ2v) is 8.66. The van der Waals surface area contributed by atoms with E-state index in [1.807, 2.05) is 18.2 Å². The number of anilines is 1. The Morgan fingerprint density at radius 1 is 1.26 bits per heavy atom. The molecular weight excluding hydrogens is 434 g/mol. The van der Waals surface area contributed by atoms with Crippen molar-refractivity contribution in [1.29, 1.82) is 0 Å². The molecule has 34 heavy (non-hydrogen) atoms. The molecule has 3 aromatic rings. The lowest BCUT2D eigenvalue weighted by atomic mass is 9.97. The van der Waals surface area contributed by atoms with Gasteiger partial charge in [0.1, 0.15) is 0 Å². The third-order valence-corrected chi connectivity index (χ3v) is 6.26. The molecule has 1 fully saturated rings. The first-order valence-electron chi connectivity index (χ1n) is 11.6. The maximum atomic E-state index is 13.0. The van der Waals surface area contributed by atoms with Crippen LogP contribution in [0.15, 0.2) is 48.1 Å². The summed E-state index contributed by atoms with van der Waals surface area (Å²) in [6.45, 7) is 9.52. The summed E-state index contributed by atoms with van der Waals surface area (Å²) in [7, 11) is 1.74. The molecule has 1 N–H and O–H groups in total. The van der Waals surface area contributed by atoms with E-state index in [0.717, 1.165) is 16.8 Å². The molecule has 6 nitrogen and oxygen atoms in total. The van der Waals surface area contributed by atoms with Gasteiger partial charge in [-0.1, -0.05) is 25.2 Å². The van der Waals surface area contributed by atoms with Crippen LogP contribution in [0.3, 0.4) is 0 Å². The highest BCUT2D eigenvalue weighted by atomic mass is 19.3. The number of hydrogen-bond donors (Lipinski definition) is 1. The highest BCUT2D eigenvalue weighted by molar-refractivity contribution is 5.96. The Balaban J connectivity index is 0.000000370. The van der Waals surface area contributed by atoms with Gasteiger partial charge in [-0.15, -0.1) is 5.10 Å². The largest absolute Gasteiger partial charge is 0.356 e. The van der Waals surface area contributed by atoms with E-state index in [1.54, 1.807) is 30.8 Å². The van der Waals surface area contributed by atoms with Crippen LogP contribution in [0.4, 0.5) is 20.4 Å². The molecule has 1 saturated carbocycles. The molecule has 2 aliphatic rings. The number of allylic oxidation sites excluding steroid dienone is 1. The first kappa shape index (κ1) is 23.7. The second kappa shape index (κ2) is 10.2. The smallest absolute Gasteiger partial charge is 0.240 e. The Kier molecular flexibility index (Phi) is 7.14. The van der Waals surface area contributed by atoms with E-state index in [9.17, 15) is 8.78 Å². The van der Waals surface area contributed by atoms with Crippen LogP contribution < -0.4 is 5.32 Å². The third-order valence-electron chi connectivity index (χ3n) is 6.26. The van der Waals surface area contributed by atoms with E-state index in [0.29, 0.717) is 28.7 Å². The van der Waals surface area contributed by atoms with Gasteiger partial charge in [-0.3, -0.25) is 4.99 Å². The van der Waals surface area contributed by atoms with Gasteiger partial charge in [0, 0.05) is 32.1 Å². The average Bonchev–Trinajstić information content (AvgIpc) is 3.36. The summed E-state index contributed by atoms with van der Waals surface area (Å²) in [5.74, 6) is 0.0236. The molecule has 0 spiro atoms. The first-order valence-corrected chi connectivity index (χ1v) is 11.6. The van der Waals surface area contributed by atoms with Crippen LogP contribution in [-0.4, -0.2) is 38.8 Å². The van der Waals surface area contributed by atoms with Gasteiger partial charge < -0.3 is 5.32 Å². The molecule has 0 bridgehead atoms. The van der Waals surface area contributed by atoms with Crippen molar-refractivity contribution in [2.75, 3.05) is 12.4 Å². The van der Waals surface area contributed by atoms with Crippen molar-refractivity contribution in [3.63, 3.8) is 0 Å². The Bertz CT molecular complexity index is 1240. The highest BCUT2D eigenvalue weighted by Gasteiger charge is 2.29. The van der Waals surface area contributed by atoms with Crippen molar-refractivity contribution in [1.82, 2.24) is 19.6 Å². The number of pyridine rings is 1. The second-order valence-electron chi connectivity index (χ2n) is 8.66. The minimum atomic E-state index is -2.41. The number of rotatable bonds is 5. The number of nitrogens with one attached hydrogen (secondary N) is 1. The fourth-order valence-electron chi connectivity index (χ4n) is 4.43. The predicted octanol–water partition coefficient (Wildman–Crippen LogP) is 7.07. The molecule has 1 aliphatic carbocycles. The lowest BCUT2D eigenvalue weighted by Gasteiger charge is -2.11. The van der Waals surface area contributed by atoms with E-state index in [-0.39, 0.29) is 7.85 Å². The summed E-state index contributed by atoms with van der Waals surface area (Å²) >= 11 is 0. The molecule has 1 unspecified atom stereocenters. The topological polar surface area (TPSA) is 67.5 Å². The van der Waals surface area contributed by atoms with E-state index < -0.39 is 12.3 Å². The van der Waals surface area contributed by atoms with Crippen LogP contribution in [0.2, 0.25) is 0 Å². The molecule has 0 aromatic carbocycles. The quantitative estimate of drug-likeness (QED) is 0.408. The zero-order chi connectivity index (χ0) is 24.2. The summed E-state index contributed by atoms with van der Waals surface area (Å²) in [5.41, 5.74) is 6.42. The van der Waals surface area contributed by atoms with Crippen LogP contribution in [0.1, 0.15) is 64.2 Å². The zero-order valence-corrected chi connectivity index (χ0v) is 19.7. The van der Waals surface area contributed by atoms with Crippen LogP contribution in [0.25, 0.3) is 22.9 Å². The van der Waals surface area contributed by atoms with Gasteiger partial charge in [0.2, 0.25) is 12.4 Å². The number of hydrogen-bond acceptors (Lipinski definition) is 5. The van der Waals surface area contributed by atoms with Crippen molar-refractivity contribution in [2.45, 2.75) is 57.8 Å². The molecule has 0 amide bonds. The van der Waals surface area contributed by atoms with Crippen LogP contribution in [0, 0.1) is 0 Å². The minimum Gasteiger partial charge on any atom is -0.356 e. The Morgan fingerprint density at radius 3 is 2.65 bits per heavy atom. The van der Waals surface area contributed by atoms with E-state index in [4.69, 9.17) is 0 Å². The molecular formula is C26H32F2N6. The number of halogens is 2. The normalized spacial score (nSPS) is 17.3. The van der Waals surface area contributed by atoms with Gasteiger partial charge in [-0.2, -0.15) is 0 Å². The number of aromatic nitrogens is 4. The molecule has 5 rings (SSSR count). The molecule has 1 aliphatic heterocycles. The third kappa shape index (κ3) is 4.90. The SMILES string of the molecule is C=C1CCCCC1.C=Cc1cc(-c2ccc3c(n2)C(CC(F)F)C(C)=N3)c2cnc(NC)nn12.[HH]. The lowest BCUT2D eigenvalue weighted by Crippen LogP contribution is -2.10. The summed E-state index contributed by atoms with van der Waals surface area (Å²) in [6.07, 6.45) is 7.50. The Morgan fingerprint density at radius 2 is 2.03 bits per heavy atom. The van der Waals surface area contributed by atoms with E-state index in [2.05, 4.69) is 38.5 Å². The van der Waals surface area contributed by atoms with Crippen LogP contribution in [0.5, 0.6) is 0 Å². The summed E-state index contributed by atoms with van der Waals surface area (Å²) < 4.78 is 27.7. The van der Waals surface area contributed by atoms with Gasteiger partial charge in [0.05, 0.1) is 34.5 Å². The number of fused-ring (bicyclic) bond motifs is 2. The van der Waals surface area contributed by atoms with E-state index >= 15 is 0 Å². The first-order chi connectivity index (χ1) is 16.4. The maximum Gasteiger partial charge on any atom is 0.240 e. The number of nitrogens with zero attached hydrogens (tertiary/aromatic N) is 5. The van der Waals surface area contributed by atoms with E-state index in [1.165, 1.54) is 37.7 Å². The van der Waals surface area contributed by atoms with Gasteiger partial charge >= 0.3 is 0 Å². The lowest BCUT2D eigenvalue weighted by molar-refractivity contribution is 0.135. The maximum absolute atomic E-state index is 13.0. The van der Waals surface area contributed by atoms with Gasteiger partial charge in [0.15, 0.2) is 0 Å². The summed E-state index contributed by atoms with van der Waals surface area (Å²) in [6, 6.07) is 5.58. The van der Waals surface area contributed by atoms with Gasteiger partial charge in [0.25, 0.3) is 0 Å². The molecule has 4 heterocycles. The van der Waals surface area contributed by atoms with Crippen molar-refractivity contribution in [2.24, 2.45) is 4.99 Å². The van der Waals surface area contributed by atoms with Gasteiger partial charge in [-0.05, 0) is 56.9 Å². The van der Waals surface area contributed by atoms with Crippen molar-refractivity contribution >= 4 is 28.9 Å².